The predicted molar refractivity (Wildman–Crippen MR) is 159 cm³/mol. The number of nitrogens with one attached hydrogen (secondary N) is 1. The van der Waals surface area contributed by atoms with Crippen molar-refractivity contribution < 1.29 is 33.1 Å². The third kappa shape index (κ3) is 7.50. The number of carboxylic acids is 1. The molecule has 0 spiro atoms. The molecule has 0 saturated carbocycles. The molecule has 0 bridgehead atoms. The Balaban J connectivity index is 1.91. The van der Waals surface area contributed by atoms with E-state index in [0.29, 0.717) is 38.7 Å². The molecule has 0 aliphatic carbocycles. The SMILES string of the molecule is CC(C)c1c(S(=O)Nc2ccccc2)c(-c2ccc(F)cc2)c(-c2ccc(F)cc2)n1CC[C@@H](O)C[C@@H](O)CC(=O)O. The molecule has 0 radical (unpaired) electrons. The summed E-state index contributed by atoms with van der Waals surface area (Å²) in [6.07, 6.45) is -2.69. The number of aromatic nitrogens is 1. The molecule has 4 aromatic rings. The fraction of sp³-hybridized carbons (Fsp3) is 0.281. The van der Waals surface area contributed by atoms with Gasteiger partial charge < -0.3 is 24.6 Å². The molecule has 1 aromatic heterocycles. The Morgan fingerprint density at radius 1 is 0.881 bits per heavy atom. The zero-order chi connectivity index (χ0) is 30.4. The maximum Gasteiger partial charge on any atom is 0.305 e. The highest BCUT2D eigenvalue weighted by Gasteiger charge is 2.30. The molecule has 0 aliphatic rings. The van der Waals surface area contributed by atoms with Gasteiger partial charge in [0.2, 0.25) is 0 Å². The van der Waals surface area contributed by atoms with E-state index >= 15 is 0 Å². The summed E-state index contributed by atoms with van der Waals surface area (Å²) in [5, 5.41) is 29.7. The molecule has 7 nitrogen and oxygen atoms in total. The maximum absolute atomic E-state index is 14.2. The number of aliphatic carboxylic acids is 1. The van der Waals surface area contributed by atoms with E-state index in [1.165, 1.54) is 24.3 Å². The van der Waals surface area contributed by atoms with Gasteiger partial charge in [0.15, 0.2) is 11.0 Å². The summed E-state index contributed by atoms with van der Waals surface area (Å²) in [7, 11) is -1.79. The summed E-state index contributed by atoms with van der Waals surface area (Å²) < 4.78 is 47.2. The third-order valence-electron chi connectivity index (χ3n) is 6.86. The van der Waals surface area contributed by atoms with Gasteiger partial charge in [-0.3, -0.25) is 4.79 Å². The molecule has 222 valence electrons. The van der Waals surface area contributed by atoms with E-state index in [4.69, 9.17) is 5.11 Å². The lowest BCUT2D eigenvalue weighted by Crippen LogP contribution is -2.22. The first-order valence-corrected chi connectivity index (χ1v) is 14.8. The van der Waals surface area contributed by atoms with Gasteiger partial charge in [-0.1, -0.05) is 44.2 Å². The summed E-state index contributed by atoms with van der Waals surface area (Å²) in [6, 6.07) is 20.8. The number of nitrogens with zero attached hydrogens (tertiary/aromatic N) is 1. The number of rotatable bonds is 13. The molecule has 0 fully saturated rings. The Morgan fingerprint density at radius 2 is 1.45 bits per heavy atom. The lowest BCUT2D eigenvalue weighted by atomic mass is 10.00. The van der Waals surface area contributed by atoms with Gasteiger partial charge in [0, 0.05) is 23.5 Å². The van der Waals surface area contributed by atoms with Crippen LogP contribution in [-0.4, -0.2) is 42.3 Å². The summed E-state index contributed by atoms with van der Waals surface area (Å²) in [6.45, 7) is 4.12. The van der Waals surface area contributed by atoms with Crippen LogP contribution in [0, 0.1) is 11.6 Å². The van der Waals surface area contributed by atoms with Crippen LogP contribution >= 0.6 is 0 Å². The molecule has 4 N–H and O–H groups in total. The lowest BCUT2D eigenvalue weighted by molar-refractivity contribution is -0.139. The van der Waals surface area contributed by atoms with Crippen molar-refractivity contribution in [2.75, 3.05) is 4.72 Å². The van der Waals surface area contributed by atoms with Crippen molar-refractivity contribution >= 4 is 22.6 Å². The first kappa shape index (κ1) is 31.1. The molecular formula is C32H34F2N2O5S. The summed E-state index contributed by atoms with van der Waals surface area (Å²) in [4.78, 5) is 11.4. The van der Waals surface area contributed by atoms with Crippen LogP contribution in [0.4, 0.5) is 14.5 Å². The molecule has 0 aliphatic heterocycles. The van der Waals surface area contributed by atoms with Crippen molar-refractivity contribution in [2.45, 2.75) is 62.7 Å². The van der Waals surface area contributed by atoms with Gasteiger partial charge in [-0.25, -0.2) is 13.0 Å². The van der Waals surface area contributed by atoms with Crippen LogP contribution in [-0.2, 0) is 22.3 Å². The first-order valence-electron chi connectivity index (χ1n) is 13.6. The number of para-hydroxylation sites is 1. The molecule has 1 heterocycles. The zero-order valence-electron chi connectivity index (χ0n) is 23.3. The fourth-order valence-electron chi connectivity index (χ4n) is 5.06. The molecular weight excluding hydrogens is 562 g/mol. The molecule has 3 aromatic carbocycles. The summed E-state index contributed by atoms with van der Waals surface area (Å²) in [5.41, 5.74) is 3.76. The van der Waals surface area contributed by atoms with Crippen molar-refractivity contribution in [3.05, 3.63) is 96.2 Å². The van der Waals surface area contributed by atoms with E-state index in [2.05, 4.69) is 4.72 Å². The second-order valence-electron chi connectivity index (χ2n) is 10.4. The Morgan fingerprint density at radius 3 is 2.00 bits per heavy atom. The number of carboxylic acid groups (broad SMARTS) is 1. The fourth-order valence-corrected chi connectivity index (χ4v) is 6.45. The molecule has 0 amide bonds. The van der Waals surface area contributed by atoms with Crippen LogP contribution in [0.15, 0.2) is 83.8 Å². The number of hydrogen-bond donors (Lipinski definition) is 4. The molecule has 10 heteroatoms. The van der Waals surface area contributed by atoms with E-state index in [1.54, 1.807) is 36.4 Å². The normalized spacial score (nSPS) is 13.6. The van der Waals surface area contributed by atoms with Gasteiger partial charge in [-0.05, 0) is 78.4 Å². The van der Waals surface area contributed by atoms with Crippen molar-refractivity contribution in [1.82, 2.24) is 4.57 Å². The van der Waals surface area contributed by atoms with E-state index in [1.807, 2.05) is 36.6 Å². The van der Waals surface area contributed by atoms with Crippen LogP contribution in [0.2, 0.25) is 0 Å². The monoisotopic (exact) mass is 596 g/mol. The molecule has 0 saturated heterocycles. The Labute approximate surface area is 246 Å². The van der Waals surface area contributed by atoms with Gasteiger partial charge in [0.05, 0.1) is 29.2 Å². The minimum Gasteiger partial charge on any atom is -0.481 e. The van der Waals surface area contributed by atoms with Crippen LogP contribution in [0.25, 0.3) is 22.4 Å². The van der Waals surface area contributed by atoms with E-state index < -0.39 is 47.2 Å². The minimum absolute atomic E-state index is 0.129. The molecule has 42 heavy (non-hydrogen) atoms. The highest BCUT2D eigenvalue weighted by Crippen LogP contribution is 2.44. The van der Waals surface area contributed by atoms with Gasteiger partial charge in [-0.15, -0.1) is 0 Å². The van der Waals surface area contributed by atoms with Gasteiger partial charge in [0.1, 0.15) is 11.6 Å². The average Bonchev–Trinajstić information content (AvgIpc) is 3.28. The van der Waals surface area contributed by atoms with Gasteiger partial charge in [-0.2, -0.15) is 0 Å². The molecule has 3 atom stereocenters. The van der Waals surface area contributed by atoms with Crippen molar-refractivity contribution in [1.29, 1.82) is 0 Å². The second kappa shape index (κ2) is 13.9. The van der Waals surface area contributed by atoms with Crippen LogP contribution < -0.4 is 4.72 Å². The predicted octanol–water partition coefficient (Wildman–Crippen LogP) is 6.34. The minimum atomic E-state index is -1.79. The van der Waals surface area contributed by atoms with Crippen molar-refractivity contribution in [2.24, 2.45) is 0 Å². The highest BCUT2D eigenvalue weighted by atomic mass is 32.2. The van der Waals surface area contributed by atoms with Crippen LogP contribution in [0.3, 0.4) is 0 Å². The lowest BCUT2D eigenvalue weighted by Gasteiger charge is -2.20. The van der Waals surface area contributed by atoms with Crippen molar-refractivity contribution in [3.63, 3.8) is 0 Å². The van der Waals surface area contributed by atoms with Crippen molar-refractivity contribution in [3.8, 4) is 22.4 Å². The highest BCUT2D eigenvalue weighted by molar-refractivity contribution is 7.86. The standard InChI is InChI=1S/C32H34F2N2O5S/c1-20(2)30-32(42(41)35-25-6-4-3-5-7-25)29(21-8-12-23(33)13-9-21)31(22-10-14-24(34)15-11-22)36(30)17-16-26(37)18-27(38)19-28(39)40/h3-15,20,26-27,35,37-38H,16-19H2,1-2H3,(H,39,40)/t26-,27-,42?/m1/s1. The smallest absolute Gasteiger partial charge is 0.305 e. The van der Waals surface area contributed by atoms with E-state index in [-0.39, 0.29) is 25.3 Å². The number of halogens is 2. The van der Waals surface area contributed by atoms with Gasteiger partial charge in [0.25, 0.3) is 0 Å². The van der Waals surface area contributed by atoms with Crippen LogP contribution in [0.1, 0.15) is 44.7 Å². The molecule has 1 unspecified atom stereocenters. The van der Waals surface area contributed by atoms with E-state index in [0.717, 1.165) is 0 Å². The Kier molecular flexibility index (Phi) is 10.3. The second-order valence-corrected chi connectivity index (χ2v) is 11.6. The summed E-state index contributed by atoms with van der Waals surface area (Å²) >= 11 is 0. The quantitative estimate of drug-likeness (QED) is 0.144. The zero-order valence-corrected chi connectivity index (χ0v) is 24.2. The number of aliphatic hydroxyl groups is 2. The Bertz CT molecular complexity index is 1520. The topological polar surface area (TPSA) is 112 Å². The van der Waals surface area contributed by atoms with Gasteiger partial charge >= 0.3 is 5.97 Å². The largest absolute Gasteiger partial charge is 0.481 e. The number of anilines is 1. The molecule has 4 rings (SSSR count). The van der Waals surface area contributed by atoms with Crippen LogP contribution in [0.5, 0.6) is 0 Å². The number of carbonyl (C=O) groups is 1. The van der Waals surface area contributed by atoms with E-state index in [9.17, 15) is 28.0 Å². The average molecular weight is 597 g/mol. The number of hydrogen-bond acceptors (Lipinski definition) is 4. The third-order valence-corrected chi connectivity index (χ3v) is 8.07. The summed E-state index contributed by atoms with van der Waals surface area (Å²) in [5.74, 6) is -2.19. The Hall–Kier alpha value is -3.86. The number of aliphatic hydroxyl groups excluding tert-OH is 2. The first-order chi connectivity index (χ1) is 20.0. The number of benzene rings is 3. The maximum atomic E-state index is 14.2.